The Kier molecular flexibility index (Phi) is 5.44. The smallest absolute Gasteiger partial charge is 0.296 e. The fourth-order valence-electron chi connectivity index (χ4n) is 3.33. The first kappa shape index (κ1) is 18.6. The van der Waals surface area contributed by atoms with Crippen molar-refractivity contribution in [3.05, 3.63) is 65.7 Å². The van der Waals surface area contributed by atoms with Gasteiger partial charge >= 0.3 is 0 Å². The van der Waals surface area contributed by atoms with Gasteiger partial charge in [0.1, 0.15) is 0 Å². The molecule has 1 amide bonds. The lowest BCUT2D eigenvalue weighted by Crippen LogP contribution is -2.26. The van der Waals surface area contributed by atoms with E-state index in [9.17, 15) is 13.2 Å². The number of carbonyl (C=O) groups excluding carboxylic acids is 1. The number of carbonyl (C=O) groups is 1. The van der Waals surface area contributed by atoms with E-state index in [1.807, 2.05) is 37.3 Å². The largest absolute Gasteiger partial charge is 0.342 e. The summed E-state index contributed by atoms with van der Waals surface area (Å²) >= 11 is 0. The van der Waals surface area contributed by atoms with Gasteiger partial charge in [0.05, 0.1) is 11.5 Å². The van der Waals surface area contributed by atoms with E-state index in [0.29, 0.717) is 13.1 Å². The summed E-state index contributed by atoms with van der Waals surface area (Å²) in [5.74, 6) is -0.00957. The predicted octanol–water partition coefficient (Wildman–Crippen LogP) is 2.96. The molecule has 1 saturated heterocycles. The molecule has 2 atom stereocenters. The first-order valence-corrected chi connectivity index (χ1v) is 10.0. The Morgan fingerprint density at radius 2 is 1.73 bits per heavy atom. The summed E-state index contributed by atoms with van der Waals surface area (Å²) in [4.78, 5) is 13.7. The van der Waals surface area contributed by atoms with Gasteiger partial charge in [-0.15, -0.1) is 0 Å². The van der Waals surface area contributed by atoms with E-state index < -0.39 is 10.1 Å². The van der Waals surface area contributed by atoms with Gasteiger partial charge in [-0.25, -0.2) is 0 Å². The van der Waals surface area contributed by atoms with Gasteiger partial charge in [0.2, 0.25) is 5.91 Å². The highest BCUT2D eigenvalue weighted by Gasteiger charge is 2.36. The van der Waals surface area contributed by atoms with Crippen molar-refractivity contribution in [3.63, 3.8) is 0 Å². The van der Waals surface area contributed by atoms with Crippen molar-refractivity contribution < 1.29 is 17.4 Å². The van der Waals surface area contributed by atoms with Crippen LogP contribution in [-0.2, 0) is 19.1 Å². The molecule has 0 aliphatic carbocycles. The van der Waals surface area contributed by atoms with E-state index in [1.54, 1.807) is 29.2 Å². The molecule has 2 aromatic rings. The van der Waals surface area contributed by atoms with Gasteiger partial charge in [-0.1, -0.05) is 48.0 Å². The number of rotatable bonds is 5. The molecule has 0 radical (unpaired) electrons. The molecular formula is C20H23NO4S. The number of hydrogen-bond donors (Lipinski definition) is 0. The van der Waals surface area contributed by atoms with E-state index in [-0.39, 0.29) is 29.2 Å². The lowest BCUT2D eigenvalue weighted by Gasteiger charge is -2.18. The third-order valence-electron chi connectivity index (χ3n) is 4.86. The molecule has 1 fully saturated rings. The van der Waals surface area contributed by atoms with Crippen molar-refractivity contribution in [2.24, 2.45) is 5.92 Å². The van der Waals surface area contributed by atoms with Crippen LogP contribution in [0.2, 0.25) is 0 Å². The van der Waals surface area contributed by atoms with Gasteiger partial charge < -0.3 is 4.90 Å². The van der Waals surface area contributed by atoms with Gasteiger partial charge in [-0.05, 0) is 24.6 Å². The van der Waals surface area contributed by atoms with Gasteiger partial charge in [0.15, 0.2) is 0 Å². The molecule has 0 N–H and O–H groups in total. The third-order valence-corrected chi connectivity index (χ3v) is 6.16. The maximum absolute atomic E-state index is 12.5. The van der Waals surface area contributed by atoms with Crippen LogP contribution in [0.1, 0.15) is 24.0 Å². The van der Waals surface area contributed by atoms with E-state index in [0.717, 1.165) is 11.1 Å². The number of benzene rings is 2. The highest BCUT2D eigenvalue weighted by molar-refractivity contribution is 7.86. The molecule has 2 aromatic carbocycles. The third kappa shape index (κ3) is 4.14. The van der Waals surface area contributed by atoms with Crippen LogP contribution in [-0.4, -0.2) is 38.9 Å². The second-order valence-electron chi connectivity index (χ2n) is 6.75. The average molecular weight is 373 g/mol. The highest BCUT2D eigenvalue weighted by atomic mass is 32.2. The second kappa shape index (κ2) is 7.60. The normalized spacial score (nSPS) is 20.3. The molecule has 138 valence electrons. The fourth-order valence-corrected chi connectivity index (χ4v) is 4.28. The van der Waals surface area contributed by atoms with E-state index in [1.165, 1.54) is 6.92 Å². The molecule has 5 nitrogen and oxygen atoms in total. The summed E-state index contributed by atoms with van der Waals surface area (Å²) in [6.07, 6.45) is 0. The van der Waals surface area contributed by atoms with E-state index >= 15 is 0 Å². The molecule has 6 heteroatoms. The molecule has 0 saturated carbocycles. The van der Waals surface area contributed by atoms with Crippen molar-refractivity contribution in [2.45, 2.75) is 24.7 Å². The summed E-state index contributed by atoms with van der Waals surface area (Å²) in [6.45, 7) is 4.57. The lowest BCUT2D eigenvalue weighted by atomic mass is 9.90. The molecule has 1 aliphatic rings. The quantitative estimate of drug-likeness (QED) is 0.756. The number of likely N-dealkylation sites (tertiary alicyclic amines) is 1. The van der Waals surface area contributed by atoms with Crippen LogP contribution in [0.3, 0.4) is 0 Å². The van der Waals surface area contributed by atoms with Crippen LogP contribution >= 0.6 is 0 Å². The molecule has 3 rings (SSSR count). The minimum Gasteiger partial charge on any atom is -0.342 e. The molecule has 0 bridgehead atoms. The Morgan fingerprint density at radius 3 is 2.35 bits per heavy atom. The van der Waals surface area contributed by atoms with Crippen molar-refractivity contribution in [2.75, 3.05) is 19.7 Å². The first-order valence-electron chi connectivity index (χ1n) is 8.63. The molecule has 1 heterocycles. The summed E-state index contributed by atoms with van der Waals surface area (Å²) in [5.41, 5.74) is 2.08. The number of hydrogen-bond acceptors (Lipinski definition) is 4. The highest BCUT2D eigenvalue weighted by Crippen LogP contribution is 2.33. The monoisotopic (exact) mass is 373 g/mol. The van der Waals surface area contributed by atoms with Gasteiger partial charge in [0, 0.05) is 31.8 Å². The number of amides is 1. The van der Waals surface area contributed by atoms with Gasteiger partial charge in [-0.3, -0.25) is 8.98 Å². The predicted molar refractivity (Wildman–Crippen MR) is 99.2 cm³/mol. The van der Waals surface area contributed by atoms with Crippen LogP contribution in [0.5, 0.6) is 0 Å². The number of nitrogens with zero attached hydrogens (tertiary/aromatic N) is 1. The molecular weight excluding hydrogens is 350 g/mol. The zero-order valence-electron chi connectivity index (χ0n) is 15.0. The van der Waals surface area contributed by atoms with Gasteiger partial charge in [0.25, 0.3) is 10.1 Å². The summed E-state index contributed by atoms with van der Waals surface area (Å²) in [7, 11) is -3.81. The zero-order chi connectivity index (χ0) is 18.7. The minimum absolute atomic E-state index is 0.00479. The van der Waals surface area contributed by atoms with E-state index in [4.69, 9.17) is 4.18 Å². The maximum Gasteiger partial charge on any atom is 0.296 e. The fraction of sp³-hybridized carbons (Fsp3) is 0.350. The van der Waals surface area contributed by atoms with Gasteiger partial charge in [-0.2, -0.15) is 8.42 Å². The molecule has 0 aromatic heterocycles. The van der Waals surface area contributed by atoms with Crippen LogP contribution in [0, 0.1) is 12.8 Å². The lowest BCUT2D eigenvalue weighted by molar-refractivity contribution is -0.127. The molecule has 2 unspecified atom stereocenters. The zero-order valence-corrected chi connectivity index (χ0v) is 15.8. The summed E-state index contributed by atoms with van der Waals surface area (Å²) in [6, 6.07) is 16.5. The maximum atomic E-state index is 12.5. The Bertz CT molecular complexity index is 862. The second-order valence-corrected chi connectivity index (χ2v) is 8.37. The van der Waals surface area contributed by atoms with Crippen molar-refractivity contribution in [3.8, 4) is 0 Å². The Balaban J connectivity index is 1.76. The van der Waals surface area contributed by atoms with Crippen LogP contribution in [0.4, 0.5) is 0 Å². The van der Waals surface area contributed by atoms with Crippen molar-refractivity contribution >= 4 is 16.0 Å². The standard InChI is InChI=1S/C20H23NO4S/c1-15-8-10-19(11-9-15)26(23,24)25-14-18-12-21(16(2)22)13-20(18)17-6-4-3-5-7-17/h3-11,18,20H,12-14H2,1-2H3. The first-order chi connectivity index (χ1) is 12.4. The Hall–Kier alpha value is -2.18. The Morgan fingerprint density at radius 1 is 1.08 bits per heavy atom. The van der Waals surface area contributed by atoms with Crippen LogP contribution < -0.4 is 0 Å². The SMILES string of the molecule is CC(=O)N1CC(COS(=O)(=O)c2ccc(C)cc2)C(c2ccccc2)C1. The molecule has 0 spiro atoms. The summed E-state index contributed by atoms with van der Waals surface area (Å²) in [5, 5.41) is 0. The topological polar surface area (TPSA) is 63.7 Å². The molecule has 26 heavy (non-hydrogen) atoms. The number of aryl methyl sites for hydroxylation is 1. The average Bonchev–Trinajstić information content (AvgIpc) is 3.06. The van der Waals surface area contributed by atoms with Crippen molar-refractivity contribution in [1.82, 2.24) is 4.90 Å². The van der Waals surface area contributed by atoms with E-state index in [2.05, 4.69) is 0 Å². The minimum atomic E-state index is -3.81. The summed E-state index contributed by atoms with van der Waals surface area (Å²) < 4.78 is 30.3. The molecule has 1 aliphatic heterocycles. The van der Waals surface area contributed by atoms with Crippen molar-refractivity contribution in [1.29, 1.82) is 0 Å². The Labute approximate surface area is 154 Å². The van der Waals surface area contributed by atoms with Crippen LogP contribution in [0.25, 0.3) is 0 Å². The van der Waals surface area contributed by atoms with Crippen LogP contribution in [0.15, 0.2) is 59.5 Å².